The molecule has 1 aliphatic heterocycles. The molecule has 2 amide bonds. The first-order chi connectivity index (χ1) is 11.6. The van der Waals surface area contributed by atoms with Crippen LogP contribution in [0.25, 0.3) is 0 Å². The predicted octanol–water partition coefficient (Wildman–Crippen LogP) is 3.16. The lowest BCUT2D eigenvalue weighted by Crippen LogP contribution is -2.51. The third kappa shape index (κ3) is 4.61. The number of nitrogens with zero attached hydrogens (tertiary/aromatic N) is 2. The van der Waals surface area contributed by atoms with Crippen molar-refractivity contribution in [3.8, 4) is 0 Å². The van der Waals surface area contributed by atoms with Gasteiger partial charge in [-0.2, -0.15) is 0 Å². The quantitative estimate of drug-likeness (QED) is 0.907. The van der Waals surface area contributed by atoms with Crippen LogP contribution in [0.15, 0.2) is 30.3 Å². The van der Waals surface area contributed by atoms with Crippen LogP contribution in [-0.4, -0.2) is 64.5 Å². The summed E-state index contributed by atoms with van der Waals surface area (Å²) in [6, 6.07) is 7.68. The number of amides is 2. The van der Waals surface area contributed by atoms with Gasteiger partial charge in [0, 0.05) is 7.05 Å². The van der Waals surface area contributed by atoms with E-state index in [9.17, 15) is 19.1 Å². The second kappa shape index (κ2) is 7.29. The second-order valence-electron chi connectivity index (χ2n) is 7.29. The highest BCUT2D eigenvalue weighted by Crippen LogP contribution is 2.29. The van der Waals surface area contributed by atoms with Gasteiger partial charge >= 0.3 is 12.2 Å². The molecule has 6 nitrogen and oxygen atoms in total. The van der Waals surface area contributed by atoms with E-state index in [1.165, 1.54) is 11.9 Å². The molecule has 25 heavy (non-hydrogen) atoms. The minimum absolute atomic E-state index is 0.259. The van der Waals surface area contributed by atoms with Gasteiger partial charge in [0.05, 0.1) is 18.6 Å². The molecule has 3 unspecified atom stereocenters. The van der Waals surface area contributed by atoms with Crippen LogP contribution in [0.3, 0.4) is 0 Å². The maximum Gasteiger partial charge on any atom is 0.410 e. The molecule has 3 atom stereocenters. The van der Waals surface area contributed by atoms with E-state index in [0.29, 0.717) is 6.42 Å². The minimum Gasteiger partial charge on any atom is -0.465 e. The van der Waals surface area contributed by atoms with Crippen LogP contribution in [0.2, 0.25) is 0 Å². The van der Waals surface area contributed by atoms with Crippen molar-refractivity contribution in [3.63, 3.8) is 0 Å². The molecule has 138 valence electrons. The summed E-state index contributed by atoms with van der Waals surface area (Å²) >= 11 is 0. The minimum atomic E-state index is -1.47. The number of ether oxygens (including phenoxy) is 1. The Morgan fingerprint density at radius 1 is 1.32 bits per heavy atom. The van der Waals surface area contributed by atoms with Gasteiger partial charge in [-0.05, 0) is 32.8 Å². The fourth-order valence-corrected chi connectivity index (χ4v) is 3.12. The topological polar surface area (TPSA) is 70.1 Å². The summed E-state index contributed by atoms with van der Waals surface area (Å²) in [5, 5.41) is 9.43. The van der Waals surface area contributed by atoms with Crippen LogP contribution in [-0.2, 0) is 11.2 Å². The van der Waals surface area contributed by atoms with Crippen molar-refractivity contribution in [2.45, 2.75) is 51.0 Å². The largest absolute Gasteiger partial charge is 0.465 e. The summed E-state index contributed by atoms with van der Waals surface area (Å²) in [6.07, 6.45) is -3.00. The lowest BCUT2D eigenvalue weighted by atomic mass is 9.98. The van der Waals surface area contributed by atoms with E-state index >= 15 is 0 Å². The van der Waals surface area contributed by atoms with Gasteiger partial charge in [0.15, 0.2) is 0 Å². The number of hydrogen-bond donors (Lipinski definition) is 1. The van der Waals surface area contributed by atoms with Gasteiger partial charge in [-0.15, -0.1) is 0 Å². The lowest BCUT2D eigenvalue weighted by molar-refractivity contribution is 0.0132. The van der Waals surface area contributed by atoms with Crippen molar-refractivity contribution in [1.82, 2.24) is 9.80 Å². The first-order valence-electron chi connectivity index (χ1n) is 8.23. The number of carboxylic acid groups (broad SMARTS) is 1. The normalized spacial score (nSPS) is 23.4. The molecule has 0 spiro atoms. The third-order valence-electron chi connectivity index (χ3n) is 4.20. The monoisotopic (exact) mass is 352 g/mol. The van der Waals surface area contributed by atoms with Crippen molar-refractivity contribution in [2.75, 3.05) is 13.6 Å². The average Bonchev–Trinajstić information content (AvgIpc) is 2.82. The van der Waals surface area contributed by atoms with Crippen LogP contribution in [0.5, 0.6) is 0 Å². The molecule has 1 heterocycles. The lowest BCUT2D eigenvalue weighted by Gasteiger charge is -2.33. The molecule has 0 saturated carbocycles. The molecular weight excluding hydrogens is 327 g/mol. The van der Waals surface area contributed by atoms with Crippen molar-refractivity contribution in [2.24, 2.45) is 0 Å². The maximum atomic E-state index is 14.6. The van der Waals surface area contributed by atoms with E-state index in [4.69, 9.17) is 4.74 Å². The molecular formula is C18H25FN2O4. The summed E-state index contributed by atoms with van der Waals surface area (Å²) in [4.78, 5) is 26.1. The van der Waals surface area contributed by atoms with E-state index in [2.05, 4.69) is 0 Å². The molecule has 7 heteroatoms. The SMILES string of the molecule is CN(C(=O)OC(C)(C)C)C1C(F)CN(C(=O)O)C1Cc1ccccc1. The number of likely N-dealkylation sites (tertiary alicyclic amines) is 1. The Hall–Kier alpha value is -2.31. The van der Waals surface area contributed by atoms with Crippen molar-refractivity contribution in [1.29, 1.82) is 0 Å². The highest BCUT2D eigenvalue weighted by Gasteiger charge is 2.48. The van der Waals surface area contributed by atoms with Crippen molar-refractivity contribution >= 4 is 12.2 Å². The second-order valence-corrected chi connectivity index (χ2v) is 7.29. The highest BCUT2D eigenvalue weighted by molar-refractivity contribution is 5.70. The number of alkyl halides is 1. The molecule has 0 aliphatic carbocycles. The predicted molar refractivity (Wildman–Crippen MR) is 91.3 cm³/mol. The molecule has 2 rings (SSSR count). The van der Waals surface area contributed by atoms with E-state index in [0.717, 1.165) is 10.5 Å². The number of halogens is 1. The molecule has 1 aromatic rings. The number of hydrogen-bond acceptors (Lipinski definition) is 3. The summed E-state index contributed by atoms with van der Waals surface area (Å²) in [6.45, 7) is 4.92. The van der Waals surface area contributed by atoms with Crippen LogP contribution in [0, 0.1) is 0 Å². The Morgan fingerprint density at radius 2 is 1.92 bits per heavy atom. The number of benzene rings is 1. The number of carbonyl (C=O) groups excluding carboxylic acids is 1. The van der Waals surface area contributed by atoms with Crippen LogP contribution < -0.4 is 0 Å². The first-order valence-corrected chi connectivity index (χ1v) is 8.23. The highest BCUT2D eigenvalue weighted by atomic mass is 19.1. The Morgan fingerprint density at radius 3 is 2.44 bits per heavy atom. The zero-order valence-electron chi connectivity index (χ0n) is 15.0. The van der Waals surface area contributed by atoms with E-state index in [1.54, 1.807) is 20.8 Å². The van der Waals surface area contributed by atoms with E-state index < -0.39 is 36.0 Å². The first kappa shape index (κ1) is 19.0. The van der Waals surface area contributed by atoms with Gasteiger partial charge < -0.3 is 14.7 Å². The van der Waals surface area contributed by atoms with Crippen LogP contribution in [0.1, 0.15) is 26.3 Å². The molecule has 0 radical (unpaired) electrons. The standard InChI is InChI=1S/C18H25FN2O4/c1-18(2,3)25-17(24)20(4)15-13(19)11-21(16(22)23)14(15)10-12-8-6-5-7-9-12/h5-9,13-15H,10-11H2,1-4H3,(H,22,23). The zero-order valence-corrected chi connectivity index (χ0v) is 15.0. The van der Waals surface area contributed by atoms with Crippen LogP contribution >= 0.6 is 0 Å². The van der Waals surface area contributed by atoms with Gasteiger partial charge in [-0.3, -0.25) is 4.90 Å². The maximum absolute atomic E-state index is 14.6. The Labute approximate surface area is 147 Å². The summed E-state index contributed by atoms with van der Waals surface area (Å²) in [5.41, 5.74) is 0.174. The molecule has 1 N–H and O–H groups in total. The van der Waals surface area contributed by atoms with Gasteiger partial charge in [0.2, 0.25) is 0 Å². The Kier molecular flexibility index (Phi) is 5.55. The Balaban J connectivity index is 2.25. The fraction of sp³-hybridized carbons (Fsp3) is 0.556. The van der Waals surface area contributed by atoms with Gasteiger partial charge in [-0.1, -0.05) is 30.3 Å². The summed E-state index contributed by atoms with van der Waals surface area (Å²) in [5.74, 6) is 0. The number of carbonyl (C=O) groups is 2. The summed E-state index contributed by atoms with van der Waals surface area (Å²) < 4.78 is 19.9. The van der Waals surface area contributed by atoms with E-state index in [-0.39, 0.29) is 6.54 Å². The smallest absolute Gasteiger partial charge is 0.410 e. The molecule has 1 aliphatic rings. The number of rotatable bonds is 3. The zero-order chi connectivity index (χ0) is 18.8. The van der Waals surface area contributed by atoms with Crippen molar-refractivity contribution in [3.05, 3.63) is 35.9 Å². The number of likely N-dealkylation sites (N-methyl/N-ethyl adjacent to an activating group) is 1. The molecule has 1 aromatic carbocycles. The molecule has 1 fully saturated rings. The third-order valence-corrected chi connectivity index (χ3v) is 4.20. The van der Waals surface area contributed by atoms with Crippen LogP contribution in [0.4, 0.5) is 14.0 Å². The fourth-order valence-electron chi connectivity index (χ4n) is 3.12. The molecule has 0 aromatic heterocycles. The Bertz CT molecular complexity index is 617. The molecule has 0 bridgehead atoms. The molecule has 1 saturated heterocycles. The average molecular weight is 352 g/mol. The van der Waals surface area contributed by atoms with Gasteiger partial charge in [0.1, 0.15) is 11.8 Å². The van der Waals surface area contributed by atoms with Crippen molar-refractivity contribution < 1.29 is 23.8 Å². The summed E-state index contributed by atoms with van der Waals surface area (Å²) in [7, 11) is 1.45. The van der Waals surface area contributed by atoms with Gasteiger partial charge in [0.25, 0.3) is 0 Å². The van der Waals surface area contributed by atoms with E-state index in [1.807, 2.05) is 30.3 Å². The van der Waals surface area contributed by atoms with Gasteiger partial charge in [-0.25, -0.2) is 14.0 Å².